The molecule has 0 unspecified atom stereocenters. The number of carbonyl (C=O) groups is 1. The van der Waals surface area contributed by atoms with Crippen LogP contribution >= 0.6 is 0 Å². The minimum Gasteiger partial charge on any atom is -0.507 e. The zero-order valence-electron chi connectivity index (χ0n) is 11.4. The van der Waals surface area contributed by atoms with Gasteiger partial charge in [-0.2, -0.15) is 13.2 Å². The predicted octanol–water partition coefficient (Wildman–Crippen LogP) is 1.51. The van der Waals surface area contributed by atoms with E-state index < -0.39 is 18.0 Å². The molecule has 0 atom stereocenters. The zero-order valence-corrected chi connectivity index (χ0v) is 11.4. The summed E-state index contributed by atoms with van der Waals surface area (Å²) in [5.74, 6) is -3.54. The highest BCUT2D eigenvalue weighted by Crippen LogP contribution is 2.24. The van der Waals surface area contributed by atoms with Gasteiger partial charge in [0.2, 0.25) is 0 Å². The Hall–Kier alpha value is -2.62. The normalized spacial score (nSPS) is 11.0. The Balaban J connectivity index is 0.000000322. The number of nitrogens with one attached hydrogen (secondary N) is 1. The minimum absolute atomic E-state index is 0.190. The van der Waals surface area contributed by atoms with Gasteiger partial charge in [0.25, 0.3) is 5.56 Å². The highest BCUT2D eigenvalue weighted by atomic mass is 19.4. The lowest BCUT2D eigenvalue weighted by Gasteiger charge is -2.04. The number of aliphatic carboxylic acids is 1. The molecule has 2 aromatic rings. The summed E-state index contributed by atoms with van der Waals surface area (Å²) in [4.78, 5) is 22.9. The van der Waals surface area contributed by atoms with E-state index in [9.17, 15) is 27.5 Å². The molecule has 1 heterocycles. The fraction of sp³-hybridized carbons (Fsp3) is 0.231. The van der Waals surface area contributed by atoms with Crippen LogP contribution in [0.2, 0.25) is 0 Å². The number of benzene rings is 1. The van der Waals surface area contributed by atoms with Crippen LogP contribution in [0.5, 0.6) is 5.75 Å². The van der Waals surface area contributed by atoms with Crippen molar-refractivity contribution in [2.75, 3.05) is 6.54 Å². The molecule has 2 rings (SSSR count). The van der Waals surface area contributed by atoms with E-state index >= 15 is 0 Å². The maximum Gasteiger partial charge on any atom is 0.490 e. The van der Waals surface area contributed by atoms with Gasteiger partial charge in [-0.15, -0.1) is 0 Å². The molecule has 1 aromatic carbocycles. The zero-order chi connectivity index (χ0) is 17.8. The van der Waals surface area contributed by atoms with Gasteiger partial charge in [-0.3, -0.25) is 4.79 Å². The number of carboxylic acid groups (broad SMARTS) is 1. The summed E-state index contributed by atoms with van der Waals surface area (Å²) in [5.41, 5.74) is 5.82. The summed E-state index contributed by atoms with van der Waals surface area (Å²) >= 11 is 0. The number of carboxylic acids is 1. The molecule has 0 radical (unpaired) electrons. The molecule has 0 aliphatic heterocycles. The van der Waals surface area contributed by atoms with Crippen molar-refractivity contribution in [2.45, 2.75) is 12.6 Å². The number of halogens is 4. The second-order valence-electron chi connectivity index (χ2n) is 4.35. The average Bonchev–Trinajstić information content (AvgIpc) is 2.40. The van der Waals surface area contributed by atoms with Crippen LogP contribution in [0.15, 0.2) is 23.0 Å². The van der Waals surface area contributed by atoms with E-state index in [4.69, 9.17) is 15.6 Å². The number of hydrogen-bond donors (Lipinski definition) is 4. The van der Waals surface area contributed by atoms with Crippen molar-refractivity contribution in [3.8, 4) is 5.75 Å². The van der Waals surface area contributed by atoms with E-state index in [0.29, 0.717) is 23.9 Å². The molecule has 1 aromatic heterocycles. The Bertz CT molecular complexity index is 771. The van der Waals surface area contributed by atoms with Gasteiger partial charge >= 0.3 is 12.1 Å². The molecule has 0 bridgehead atoms. The van der Waals surface area contributed by atoms with Crippen molar-refractivity contribution in [3.63, 3.8) is 0 Å². The van der Waals surface area contributed by atoms with Crippen molar-refractivity contribution >= 4 is 16.9 Å². The fourth-order valence-corrected chi connectivity index (χ4v) is 1.64. The predicted molar refractivity (Wildman–Crippen MR) is 72.6 cm³/mol. The first-order valence-corrected chi connectivity index (χ1v) is 6.11. The first kappa shape index (κ1) is 18.4. The van der Waals surface area contributed by atoms with Gasteiger partial charge in [0.1, 0.15) is 11.6 Å². The number of phenols is 1. The number of aromatic nitrogens is 1. The summed E-state index contributed by atoms with van der Waals surface area (Å²) < 4.78 is 44.7. The Morgan fingerprint density at radius 2 is 1.83 bits per heavy atom. The lowest BCUT2D eigenvalue weighted by molar-refractivity contribution is -0.192. The van der Waals surface area contributed by atoms with E-state index in [1.54, 1.807) is 0 Å². The number of rotatable bonds is 2. The first-order valence-electron chi connectivity index (χ1n) is 6.11. The molecule has 0 amide bonds. The smallest absolute Gasteiger partial charge is 0.490 e. The molecular weight excluding hydrogens is 324 g/mol. The molecule has 0 aliphatic rings. The van der Waals surface area contributed by atoms with Crippen molar-refractivity contribution in [2.24, 2.45) is 5.73 Å². The third kappa shape index (κ3) is 4.95. The maximum atomic E-state index is 13.0. The third-order valence-corrected chi connectivity index (χ3v) is 2.64. The van der Waals surface area contributed by atoms with Crippen LogP contribution in [-0.4, -0.2) is 33.9 Å². The highest BCUT2D eigenvalue weighted by Gasteiger charge is 2.38. The van der Waals surface area contributed by atoms with Gasteiger partial charge in [0, 0.05) is 17.0 Å². The van der Waals surface area contributed by atoms with E-state index in [2.05, 4.69) is 4.98 Å². The van der Waals surface area contributed by atoms with Crippen molar-refractivity contribution in [1.82, 2.24) is 4.98 Å². The average molecular weight is 336 g/mol. The summed E-state index contributed by atoms with van der Waals surface area (Å²) in [7, 11) is 0. The lowest BCUT2D eigenvalue weighted by atomic mass is 10.1. The number of aromatic amines is 1. The van der Waals surface area contributed by atoms with Crippen LogP contribution in [0.25, 0.3) is 10.9 Å². The monoisotopic (exact) mass is 336 g/mol. The van der Waals surface area contributed by atoms with Gasteiger partial charge in [0.05, 0.1) is 5.52 Å². The van der Waals surface area contributed by atoms with Crippen molar-refractivity contribution in [1.29, 1.82) is 0 Å². The van der Waals surface area contributed by atoms with Gasteiger partial charge < -0.3 is 20.9 Å². The van der Waals surface area contributed by atoms with Gasteiger partial charge in [-0.25, -0.2) is 9.18 Å². The SMILES string of the molecule is NCCc1cc2c(O)cc(F)cc2[nH]c1=O.O=C(O)C(F)(F)F. The topological polar surface area (TPSA) is 116 Å². The quantitative estimate of drug-likeness (QED) is 0.620. The van der Waals surface area contributed by atoms with E-state index in [1.165, 1.54) is 12.1 Å². The van der Waals surface area contributed by atoms with Crippen LogP contribution in [0, 0.1) is 5.82 Å². The Morgan fingerprint density at radius 3 is 2.30 bits per heavy atom. The molecule has 126 valence electrons. The largest absolute Gasteiger partial charge is 0.507 e. The molecule has 0 saturated heterocycles. The highest BCUT2D eigenvalue weighted by molar-refractivity contribution is 5.85. The van der Waals surface area contributed by atoms with Gasteiger partial charge in [0.15, 0.2) is 0 Å². The molecular formula is C13H12F4N2O4. The Kier molecular flexibility index (Phi) is 5.68. The number of nitrogens with two attached hydrogens (primary N) is 1. The maximum absolute atomic E-state index is 13.0. The van der Waals surface area contributed by atoms with Crippen molar-refractivity contribution < 1.29 is 32.6 Å². The number of phenolic OH excluding ortho intramolecular Hbond substituents is 1. The number of pyridine rings is 1. The fourth-order valence-electron chi connectivity index (χ4n) is 1.64. The molecule has 0 saturated carbocycles. The number of alkyl halides is 3. The van der Waals surface area contributed by atoms with Gasteiger partial charge in [-0.05, 0) is 25.1 Å². The molecule has 10 heteroatoms. The van der Waals surface area contributed by atoms with E-state index in [-0.39, 0.29) is 16.8 Å². The van der Waals surface area contributed by atoms with E-state index in [1.807, 2.05) is 0 Å². The van der Waals surface area contributed by atoms with E-state index in [0.717, 1.165) is 6.07 Å². The molecule has 0 fully saturated rings. The minimum atomic E-state index is -5.08. The molecule has 6 nitrogen and oxygen atoms in total. The van der Waals surface area contributed by atoms with Crippen LogP contribution in [0.3, 0.4) is 0 Å². The first-order chi connectivity index (χ1) is 10.6. The third-order valence-electron chi connectivity index (χ3n) is 2.64. The molecule has 0 spiro atoms. The molecule has 5 N–H and O–H groups in total. The van der Waals surface area contributed by atoms with Gasteiger partial charge in [-0.1, -0.05) is 0 Å². The Labute approximate surface area is 126 Å². The summed E-state index contributed by atoms with van der Waals surface area (Å²) in [6.45, 7) is 0.344. The van der Waals surface area contributed by atoms with Crippen LogP contribution in [0.1, 0.15) is 5.56 Å². The Morgan fingerprint density at radius 1 is 1.26 bits per heavy atom. The number of hydrogen-bond acceptors (Lipinski definition) is 4. The number of fused-ring (bicyclic) bond motifs is 1. The van der Waals surface area contributed by atoms with Crippen LogP contribution in [-0.2, 0) is 11.2 Å². The number of H-pyrrole nitrogens is 1. The van der Waals surface area contributed by atoms with Crippen LogP contribution in [0.4, 0.5) is 17.6 Å². The standard InChI is InChI=1S/C11H11FN2O2.C2HF3O2/c12-7-4-9-8(10(15)5-7)3-6(1-2-13)11(16)14-9;3-2(4,5)1(6)7/h3-5,15H,1-2,13H2,(H,14,16);(H,6,7). The second kappa shape index (κ2) is 7.09. The molecule has 0 aliphatic carbocycles. The lowest BCUT2D eigenvalue weighted by Crippen LogP contribution is -2.21. The van der Waals surface area contributed by atoms with Crippen LogP contribution < -0.4 is 11.3 Å². The molecule has 23 heavy (non-hydrogen) atoms. The summed E-state index contributed by atoms with van der Waals surface area (Å²) in [6.07, 6.45) is -4.66. The summed E-state index contributed by atoms with van der Waals surface area (Å²) in [6, 6.07) is 3.71. The second-order valence-corrected chi connectivity index (χ2v) is 4.35. The summed E-state index contributed by atoms with van der Waals surface area (Å²) in [5, 5.41) is 17.1. The number of aromatic hydroxyl groups is 1. The van der Waals surface area contributed by atoms with Crippen molar-refractivity contribution in [3.05, 3.63) is 39.9 Å².